The molecule has 1 unspecified atom stereocenters. The van der Waals surface area contributed by atoms with Crippen molar-refractivity contribution < 1.29 is 0 Å². The van der Waals surface area contributed by atoms with Crippen molar-refractivity contribution in [1.29, 1.82) is 5.26 Å². The lowest BCUT2D eigenvalue weighted by molar-refractivity contribution is 0.637. The fourth-order valence-corrected chi connectivity index (χ4v) is 2.34. The number of thioether (sulfide) groups is 1. The van der Waals surface area contributed by atoms with Crippen molar-refractivity contribution in [3.8, 4) is 6.07 Å². The van der Waals surface area contributed by atoms with Gasteiger partial charge in [-0.1, -0.05) is 24.6 Å². The van der Waals surface area contributed by atoms with Crippen LogP contribution in [-0.2, 0) is 0 Å². The summed E-state index contributed by atoms with van der Waals surface area (Å²) in [6.07, 6.45) is 1.06. The van der Waals surface area contributed by atoms with Crippen molar-refractivity contribution in [1.82, 2.24) is 5.32 Å². The van der Waals surface area contributed by atoms with E-state index in [0.29, 0.717) is 0 Å². The molecule has 0 aliphatic carbocycles. The number of nitrogens with zero attached hydrogens (tertiary/aromatic N) is 1. The molecule has 16 heavy (non-hydrogen) atoms. The van der Waals surface area contributed by atoms with Gasteiger partial charge in [0.25, 0.3) is 0 Å². The number of hydrogen-bond donors (Lipinski definition) is 1. The monoisotopic (exact) mass is 234 g/mol. The summed E-state index contributed by atoms with van der Waals surface area (Å²) in [4.78, 5) is 1.23. The molecule has 0 radical (unpaired) electrons. The molecule has 1 atom stereocenters. The summed E-state index contributed by atoms with van der Waals surface area (Å²) in [7, 11) is 0. The maximum atomic E-state index is 8.96. The van der Waals surface area contributed by atoms with Crippen LogP contribution in [0.2, 0.25) is 0 Å². The van der Waals surface area contributed by atoms with Gasteiger partial charge >= 0.3 is 0 Å². The second-order valence-electron chi connectivity index (χ2n) is 3.76. The highest BCUT2D eigenvalue weighted by Crippen LogP contribution is 2.19. The van der Waals surface area contributed by atoms with E-state index in [2.05, 4.69) is 49.5 Å². The predicted molar refractivity (Wildman–Crippen MR) is 69.6 cm³/mol. The van der Waals surface area contributed by atoms with E-state index >= 15 is 0 Å². The van der Waals surface area contributed by atoms with E-state index < -0.39 is 0 Å². The molecule has 0 aliphatic heterocycles. The average Bonchev–Trinajstić information content (AvgIpc) is 2.29. The van der Waals surface area contributed by atoms with Crippen LogP contribution in [0.15, 0.2) is 29.2 Å². The van der Waals surface area contributed by atoms with Gasteiger partial charge in [0.1, 0.15) is 6.04 Å². The van der Waals surface area contributed by atoms with E-state index in [1.807, 2.05) is 0 Å². The largest absolute Gasteiger partial charge is 0.301 e. The first-order chi connectivity index (χ1) is 7.76. The maximum Gasteiger partial charge on any atom is 0.105 e. The third-order valence-electron chi connectivity index (χ3n) is 2.20. The van der Waals surface area contributed by atoms with Crippen LogP contribution >= 0.6 is 11.8 Å². The minimum atomic E-state index is -0.0505. The molecular weight excluding hydrogens is 216 g/mol. The molecule has 0 fully saturated rings. The first kappa shape index (κ1) is 13.1. The molecule has 0 saturated carbocycles. The Bertz CT molecular complexity index is 357. The third kappa shape index (κ3) is 4.69. The van der Waals surface area contributed by atoms with E-state index in [1.54, 1.807) is 11.8 Å². The number of nitriles is 1. The molecular formula is C13H18N2S. The minimum Gasteiger partial charge on any atom is -0.301 e. The van der Waals surface area contributed by atoms with Crippen LogP contribution < -0.4 is 5.32 Å². The molecule has 1 N–H and O–H groups in total. The Balaban J connectivity index is 2.41. The second kappa shape index (κ2) is 7.32. The molecule has 1 aromatic rings. The molecule has 1 aromatic carbocycles. The van der Waals surface area contributed by atoms with Gasteiger partial charge in [-0.15, -0.1) is 11.8 Å². The topological polar surface area (TPSA) is 35.8 Å². The van der Waals surface area contributed by atoms with Crippen LogP contribution in [0.5, 0.6) is 0 Å². The third-order valence-corrected chi connectivity index (χ3v) is 3.29. The van der Waals surface area contributed by atoms with E-state index in [0.717, 1.165) is 18.7 Å². The Morgan fingerprint density at radius 3 is 2.94 bits per heavy atom. The highest BCUT2D eigenvalue weighted by atomic mass is 32.2. The van der Waals surface area contributed by atoms with Gasteiger partial charge in [-0.2, -0.15) is 5.26 Å². The smallest absolute Gasteiger partial charge is 0.105 e. The van der Waals surface area contributed by atoms with Crippen LogP contribution in [0.1, 0.15) is 18.9 Å². The number of aryl methyl sites for hydroxylation is 1. The fraction of sp³-hybridized carbons (Fsp3) is 0.462. The summed E-state index contributed by atoms with van der Waals surface area (Å²) in [5, 5.41) is 12.2. The first-order valence-electron chi connectivity index (χ1n) is 5.58. The molecule has 3 heteroatoms. The van der Waals surface area contributed by atoms with E-state index in [-0.39, 0.29) is 6.04 Å². The maximum absolute atomic E-state index is 8.96. The highest BCUT2D eigenvalue weighted by molar-refractivity contribution is 7.99. The van der Waals surface area contributed by atoms with Crippen LogP contribution in [0, 0.1) is 18.3 Å². The lowest BCUT2D eigenvalue weighted by Gasteiger charge is -2.10. The number of benzene rings is 1. The van der Waals surface area contributed by atoms with Crippen LogP contribution in [0.3, 0.4) is 0 Å². The Labute approximate surface area is 102 Å². The summed E-state index contributed by atoms with van der Waals surface area (Å²) in [5.41, 5.74) is 1.26. The van der Waals surface area contributed by atoms with Crippen molar-refractivity contribution >= 4 is 11.8 Å². The summed E-state index contributed by atoms with van der Waals surface area (Å²) >= 11 is 1.73. The van der Waals surface area contributed by atoms with Crippen molar-refractivity contribution in [2.24, 2.45) is 0 Å². The summed E-state index contributed by atoms with van der Waals surface area (Å²) in [6, 6.07) is 10.6. The number of nitrogens with one attached hydrogen (secondary N) is 1. The molecule has 0 saturated heterocycles. The fourth-order valence-electron chi connectivity index (χ4n) is 1.35. The van der Waals surface area contributed by atoms with Crippen LogP contribution in [0.25, 0.3) is 0 Å². The van der Waals surface area contributed by atoms with E-state index in [4.69, 9.17) is 5.26 Å². The standard InChI is InChI=1S/C13H18N2S/c1-3-7-15-12(9-14)10-16-13-6-4-5-11(2)8-13/h4-6,8,12,15H,3,7,10H2,1-2H3. The van der Waals surface area contributed by atoms with E-state index in [9.17, 15) is 0 Å². The molecule has 0 aromatic heterocycles. The number of hydrogen-bond acceptors (Lipinski definition) is 3. The molecule has 86 valence electrons. The summed E-state index contributed by atoms with van der Waals surface area (Å²) < 4.78 is 0. The van der Waals surface area contributed by atoms with Gasteiger partial charge in [0.15, 0.2) is 0 Å². The average molecular weight is 234 g/mol. The molecule has 0 aliphatic rings. The van der Waals surface area contributed by atoms with Gasteiger partial charge < -0.3 is 5.32 Å². The summed E-state index contributed by atoms with van der Waals surface area (Å²) in [5.74, 6) is 0.806. The van der Waals surface area contributed by atoms with Crippen LogP contribution in [0.4, 0.5) is 0 Å². The predicted octanol–water partition coefficient (Wildman–Crippen LogP) is 2.98. The summed E-state index contributed by atoms with van der Waals surface area (Å²) in [6.45, 7) is 5.10. The molecule has 1 rings (SSSR count). The zero-order valence-electron chi connectivity index (χ0n) is 9.86. The van der Waals surface area contributed by atoms with Gasteiger partial charge in [0.05, 0.1) is 6.07 Å². The molecule has 0 amide bonds. The van der Waals surface area contributed by atoms with Gasteiger partial charge in [0.2, 0.25) is 0 Å². The zero-order chi connectivity index (χ0) is 11.8. The van der Waals surface area contributed by atoms with Crippen molar-refractivity contribution in [3.63, 3.8) is 0 Å². The molecule has 0 heterocycles. The van der Waals surface area contributed by atoms with Crippen molar-refractivity contribution in [2.75, 3.05) is 12.3 Å². The quantitative estimate of drug-likeness (QED) is 0.769. The highest BCUT2D eigenvalue weighted by Gasteiger charge is 2.06. The van der Waals surface area contributed by atoms with Crippen molar-refractivity contribution in [2.45, 2.75) is 31.2 Å². The SMILES string of the molecule is CCCNC(C#N)CSc1cccc(C)c1. The van der Waals surface area contributed by atoms with Gasteiger partial charge in [-0.3, -0.25) is 0 Å². The first-order valence-corrected chi connectivity index (χ1v) is 6.57. The Morgan fingerprint density at radius 1 is 1.50 bits per heavy atom. The van der Waals surface area contributed by atoms with Gasteiger partial charge in [0, 0.05) is 10.6 Å². The van der Waals surface area contributed by atoms with Gasteiger partial charge in [-0.05, 0) is 32.0 Å². The Morgan fingerprint density at radius 2 is 2.31 bits per heavy atom. The number of rotatable bonds is 6. The second-order valence-corrected chi connectivity index (χ2v) is 4.86. The normalized spacial score (nSPS) is 12.1. The van der Waals surface area contributed by atoms with E-state index in [1.165, 1.54) is 10.5 Å². The lowest BCUT2D eigenvalue weighted by Crippen LogP contribution is -2.30. The van der Waals surface area contributed by atoms with Crippen LogP contribution in [-0.4, -0.2) is 18.3 Å². The Hall–Kier alpha value is -0.980. The molecule has 2 nitrogen and oxygen atoms in total. The molecule has 0 spiro atoms. The van der Waals surface area contributed by atoms with Crippen molar-refractivity contribution in [3.05, 3.63) is 29.8 Å². The molecule has 0 bridgehead atoms. The Kier molecular flexibility index (Phi) is 5.99. The lowest BCUT2D eigenvalue weighted by atomic mass is 10.2. The van der Waals surface area contributed by atoms with Gasteiger partial charge in [-0.25, -0.2) is 0 Å². The minimum absolute atomic E-state index is 0.0505. The zero-order valence-corrected chi connectivity index (χ0v) is 10.7.